The molecule has 0 N–H and O–H groups in total. The number of benzene rings is 2. The molecule has 1 heterocycles. The minimum absolute atomic E-state index is 0.0501. The summed E-state index contributed by atoms with van der Waals surface area (Å²) in [6.45, 7) is 2.08. The first-order chi connectivity index (χ1) is 13.6. The second kappa shape index (κ2) is 6.03. The van der Waals surface area contributed by atoms with E-state index >= 15 is 0 Å². The van der Waals surface area contributed by atoms with Gasteiger partial charge in [-0.25, -0.2) is 4.90 Å². The smallest absolute Gasteiger partial charge is 0.238 e. The molecule has 2 aromatic carbocycles. The van der Waals surface area contributed by atoms with E-state index in [1.54, 1.807) is 24.3 Å². The fourth-order valence-corrected chi connectivity index (χ4v) is 5.12. The monoisotopic (exact) mass is 366 g/mol. The Morgan fingerprint density at radius 1 is 0.893 bits per heavy atom. The largest absolute Gasteiger partial charge is 0.274 e. The zero-order valence-corrected chi connectivity index (χ0v) is 15.4. The molecule has 1 saturated carbocycles. The molecule has 4 atom stereocenters. The predicted molar refractivity (Wildman–Crippen MR) is 106 cm³/mol. The number of hydrogen-bond donors (Lipinski definition) is 0. The van der Waals surface area contributed by atoms with Gasteiger partial charge in [-0.3, -0.25) is 9.59 Å². The van der Waals surface area contributed by atoms with E-state index in [0.29, 0.717) is 11.3 Å². The third-order valence-corrected chi connectivity index (χ3v) is 6.32. The van der Waals surface area contributed by atoms with E-state index in [0.717, 1.165) is 11.1 Å². The highest BCUT2D eigenvalue weighted by Crippen LogP contribution is 2.58. The van der Waals surface area contributed by atoms with Gasteiger partial charge in [0.1, 0.15) is 6.07 Å². The topological polar surface area (TPSA) is 61.2 Å². The van der Waals surface area contributed by atoms with Gasteiger partial charge in [-0.2, -0.15) is 5.26 Å². The molecule has 0 aromatic heterocycles. The van der Waals surface area contributed by atoms with Crippen LogP contribution in [0.5, 0.6) is 0 Å². The number of anilines is 1. The molecule has 2 aliphatic carbocycles. The minimum Gasteiger partial charge on any atom is -0.274 e. The number of amides is 2. The van der Waals surface area contributed by atoms with Crippen LogP contribution >= 0.6 is 0 Å². The summed E-state index contributed by atoms with van der Waals surface area (Å²) in [5, 5.41) is 9.39. The van der Waals surface area contributed by atoms with Gasteiger partial charge in [0, 0.05) is 11.8 Å². The number of fused-ring (bicyclic) bond motifs is 5. The highest BCUT2D eigenvalue weighted by Gasteiger charge is 2.62. The average Bonchev–Trinajstić information content (AvgIpc) is 3.37. The number of nitrogens with zero attached hydrogens (tertiary/aromatic N) is 2. The van der Waals surface area contributed by atoms with E-state index in [-0.39, 0.29) is 35.5 Å². The molecule has 1 aliphatic heterocycles. The van der Waals surface area contributed by atoms with E-state index in [4.69, 9.17) is 0 Å². The standard InChI is InChI=1S/C24H18N2O2/c1-14(15-7-3-2-4-8-15)20-17-11-12-18(20)22-21(17)23(27)26(24(22)28)19-10-6-5-9-16(19)13-25/h2-12,17-18,21-22H,1H3/t17-,18-,21-,22-/m1/s1. The summed E-state index contributed by atoms with van der Waals surface area (Å²) in [6, 6.07) is 19.0. The molecule has 3 aliphatic rings. The summed E-state index contributed by atoms with van der Waals surface area (Å²) in [7, 11) is 0. The summed E-state index contributed by atoms with van der Waals surface area (Å²) >= 11 is 0. The zero-order valence-electron chi connectivity index (χ0n) is 15.4. The maximum Gasteiger partial charge on any atom is 0.238 e. The fourth-order valence-electron chi connectivity index (χ4n) is 5.12. The van der Waals surface area contributed by atoms with Crippen molar-refractivity contribution in [3.8, 4) is 6.07 Å². The Hall–Kier alpha value is -3.45. The summed E-state index contributed by atoms with van der Waals surface area (Å²) in [6.07, 6.45) is 4.16. The second-order valence-electron chi connectivity index (χ2n) is 7.58. The zero-order chi connectivity index (χ0) is 19.4. The Morgan fingerprint density at radius 3 is 2.07 bits per heavy atom. The average molecular weight is 366 g/mol. The van der Waals surface area contributed by atoms with Gasteiger partial charge >= 0.3 is 0 Å². The molecular weight excluding hydrogens is 348 g/mol. The molecule has 2 amide bonds. The SMILES string of the molecule is CC(=C1[C@H]2C=C[C@H]1[C@H]1C(=O)N(c3ccccc3C#N)C(=O)[C@@H]12)c1ccccc1. The van der Waals surface area contributed by atoms with Crippen LogP contribution < -0.4 is 4.90 Å². The van der Waals surface area contributed by atoms with Crippen molar-refractivity contribution in [2.75, 3.05) is 4.90 Å². The van der Waals surface area contributed by atoms with Crippen LogP contribution in [-0.4, -0.2) is 11.8 Å². The van der Waals surface area contributed by atoms with Crippen LogP contribution in [0, 0.1) is 35.0 Å². The van der Waals surface area contributed by atoms with Gasteiger partial charge in [-0.1, -0.05) is 60.2 Å². The summed E-state index contributed by atoms with van der Waals surface area (Å²) < 4.78 is 0. The first kappa shape index (κ1) is 16.7. The molecule has 2 aromatic rings. The van der Waals surface area contributed by atoms with E-state index in [1.807, 2.05) is 18.2 Å². The molecule has 4 nitrogen and oxygen atoms in total. The van der Waals surface area contributed by atoms with Crippen molar-refractivity contribution in [2.24, 2.45) is 23.7 Å². The van der Waals surface area contributed by atoms with Gasteiger partial charge in [0.2, 0.25) is 11.8 Å². The number of carbonyl (C=O) groups is 2. The van der Waals surface area contributed by atoms with Gasteiger partial charge in [0.25, 0.3) is 0 Å². The molecule has 0 radical (unpaired) electrons. The first-order valence-electron chi connectivity index (χ1n) is 9.45. The van der Waals surface area contributed by atoms with Gasteiger partial charge < -0.3 is 0 Å². The van der Waals surface area contributed by atoms with Crippen molar-refractivity contribution in [3.63, 3.8) is 0 Å². The van der Waals surface area contributed by atoms with E-state index < -0.39 is 0 Å². The number of rotatable bonds is 2. The van der Waals surface area contributed by atoms with Gasteiger partial charge in [0.15, 0.2) is 0 Å². The van der Waals surface area contributed by atoms with Crippen LogP contribution in [0.2, 0.25) is 0 Å². The van der Waals surface area contributed by atoms with Crippen molar-refractivity contribution in [2.45, 2.75) is 6.92 Å². The molecule has 1 saturated heterocycles. The van der Waals surface area contributed by atoms with Crippen LogP contribution in [0.1, 0.15) is 18.1 Å². The number of carbonyl (C=O) groups excluding carboxylic acids is 2. The predicted octanol–water partition coefficient (Wildman–Crippen LogP) is 3.95. The molecule has 4 heteroatoms. The van der Waals surface area contributed by atoms with E-state index in [2.05, 4.69) is 37.3 Å². The summed E-state index contributed by atoms with van der Waals surface area (Å²) in [5.41, 5.74) is 4.22. The van der Waals surface area contributed by atoms with Crippen molar-refractivity contribution in [3.05, 3.63) is 83.4 Å². The lowest BCUT2D eigenvalue weighted by Crippen LogP contribution is -2.33. The van der Waals surface area contributed by atoms with Crippen LogP contribution in [0.15, 0.2) is 72.3 Å². The quantitative estimate of drug-likeness (QED) is 0.597. The molecular formula is C24H18N2O2. The van der Waals surface area contributed by atoms with Gasteiger partial charge in [-0.05, 0) is 30.2 Å². The Kier molecular flexibility index (Phi) is 3.60. The number of imide groups is 1. The molecule has 0 unspecified atom stereocenters. The van der Waals surface area contributed by atoms with Crippen molar-refractivity contribution < 1.29 is 9.59 Å². The number of allylic oxidation sites excluding steroid dienone is 4. The van der Waals surface area contributed by atoms with Gasteiger partial charge in [0.05, 0.1) is 23.1 Å². The second-order valence-corrected chi connectivity index (χ2v) is 7.58. The lowest BCUT2D eigenvalue weighted by molar-refractivity contribution is -0.122. The number of nitriles is 1. The Bertz CT molecular complexity index is 1070. The van der Waals surface area contributed by atoms with Gasteiger partial charge in [-0.15, -0.1) is 0 Å². The van der Waals surface area contributed by atoms with Crippen molar-refractivity contribution in [1.29, 1.82) is 5.26 Å². The molecule has 28 heavy (non-hydrogen) atoms. The van der Waals surface area contributed by atoms with Crippen LogP contribution in [0.25, 0.3) is 5.57 Å². The first-order valence-corrected chi connectivity index (χ1v) is 9.45. The minimum atomic E-state index is -0.372. The lowest BCUT2D eigenvalue weighted by atomic mass is 9.85. The maximum atomic E-state index is 13.3. The number of para-hydroxylation sites is 1. The molecule has 0 spiro atoms. The molecule has 136 valence electrons. The molecule has 5 rings (SSSR count). The fraction of sp³-hybridized carbons (Fsp3) is 0.208. The lowest BCUT2D eigenvalue weighted by Gasteiger charge is -2.20. The van der Waals surface area contributed by atoms with Crippen molar-refractivity contribution >= 4 is 23.1 Å². The Morgan fingerprint density at radius 2 is 1.46 bits per heavy atom. The summed E-state index contributed by atoms with van der Waals surface area (Å²) in [4.78, 5) is 27.8. The van der Waals surface area contributed by atoms with Crippen molar-refractivity contribution in [1.82, 2.24) is 0 Å². The van der Waals surface area contributed by atoms with Crippen LogP contribution in [0.4, 0.5) is 5.69 Å². The highest BCUT2D eigenvalue weighted by molar-refractivity contribution is 6.23. The molecule has 2 fully saturated rings. The highest BCUT2D eigenvalue weighted by atomic mass is 16.2. The normalized spacial score (nSPS) is 27.3. The van der Waals surface area contributed by atoms with Crippen LogP contribution in [-0.2, 0) is 9.59 Å². The Balaban J connectivity index is 1.58. The third kappa shape index (κ3) is 2.10. The Labute approximate surface area is 163 Å². The van der Waals surface area contributed by atoms with E-state index in [1.165, 1.54) is 10.5 Å². The number of hydrogen-bond acceptors (Lipinski definition) is 3. The van der Waals surface area contributed by atoms with E-state index in [9.17, 15) is 14.9 Å². The van der Waals surface area contributed by atoms with Crippen LogP contribution in [0.3, 0.4) is 0 Å². The third-order valence-electron chi connectivity index (χ3n) is 6.32. The maximum absolute atomic E-state index is 13.3. The summed E-state index contributed by atoms with van der Waals surface area (Å²) in [5.74, 6) is -1.22. The molecule has 2 bridgehead atoms.